The molecular formula is C28H22ClN5O4. The van der Waals surface area contributed by atoms with Gasteiger partial charge in [0, 0.05) is 35.1 Å². The van der Waals surface area contributed by atoms with E-state index in [1.54, 1.807) is 47.3 Å². The van der Waals surface area contributed by atoms with Gasteiger partial charge >= 0.3 is 5.97 Å². The van der Waals surface area contributed by atoms with Gasteiger partial charge in [0.25, 0.3) is 11.5 Å². The maximum atomic E-state index is 13.0. The van der Waals surface area contributed by atoms with Gasteiger partial charge in [-0.05, 0) is 53.4 Å². The van der Waals surface area contributed by atoms with Crippen LogP contribution in [0.4, 0.5) is 0 Å². The van der Waals surface area contributed by atoms with E-state index in [0.29, 0.717) is 28.9 Å². The van der Waals surface area contributed by atoms with E-state index >= 15 is 0 Å². The number of rotatable bonds is 8. The highest BCUT2D eigenvalue weighted by molar-refractivity contribution is 6.31. The summed E-state index contributed by atoms with van der Waals surface area (Å²) in [4.78, 5) is 41.1. The van der Waals surface area contributed by atoms with Crippen LogP contribution in [0.25, 0.3) is 10.9 Å². The number of pyridine rings is 2. The van der Waals surface area contributed by atoms with Crippen LogP contribution in [0, 0.1) is 0 Å². The Morgan fingerprint density at radius 3 is 2.55 bits per heavy atom. The average molecular weight is 528 g/mol. The molecule has 190 valence electrons. The molecule has 0 bridgehead atoms. The van der Waals surface area contributed by atoms with Gasteiger partial charge in [0.05, 0.1) is 17.6 Å². The minimum atomic E-state index is -1.39. The SMILES string of the molecule is O=C(NC(C(=O)O)c1n[nH]c2ccc(Cl)cc12)c1cncc(Cc2ccc(Cn3ccccc3=O)cc2)c1. The summed E-state index contributed by atoms with van der Waals surface area (Å²) in [7, 11) is 0. The fourth-order valence-electron chi connectivity index (χ4n) is 4.18. The van der Waals surface area contributed by atoms with Crippen LogP contribution in [0.15, 0.2) is 90.1 Å². The first-order valence-corrected chi connectivity index (χ1v) is 12.1. The van der Waals surface area contributed by atoms with Gasteiger partial charge in [-0.3, -0.25) is 19.7 Å². The molecule has 2 aromatic carbocycles. The second kappa shape index (κ2) is 10.7. The lowest BCUT2D eigenvalue weighted by atomic mass is 10.0. The normalized spacial score (nSPS) is 11.8. The van der Waals surface area contributed by atoms with E-state index < -0.39 is 17.9 Å². The minimum absolute atomic E-state index is 0.0628. The number of nitrogens with zero attached hydrogens (tertiary/aromatic N) is 3. The summed E-state index contributed by atoms with van der Waals surface area (Å²) in [6.45, 7) is 0.472. The number of amides is 1. The van der Waals surface area contributed by atoms with E-state index in [9.17, 15) is 19.5 Å². The number of hydrogen-bond donors (Lipinski definition) is 3. The van der Waals surface area contributed by atoms with Crippen LogP contribution in [0.2, 0.25) is 5.02 Å². The van der Waals surface area contributed by atoms with Crippen molar-refractivity contribution in [2.24, 2.45) is 0 Å². The monoisotopic (exact) mass is 527 g/mol. The standard InChI is InChI=1S/C28H22ClN5O4/c29-21-8-9-23-22(13-21)25(33-32-23)26(28(37)38)31-27(36)20-12-19(14-30-15-20)11-17-4-6-18(7-5-17)16-34-10-2-1-3-24(34)35/h1-10,12-15,26H,11,16H2,(H,31,36)(H,32,33)(H,37,38). The lowest BCUT2D eigenvalue weighted by Crippen LogP contribution is -2.34. The summed E-state index contributed by atoms with van der Waals surface area (Å²) in [6.07, 6.45) is 5.31. The molecule has 9 nitrogen and oxygen atoms in total. The Bertz CT molecular complexity index is 1690. The highest BCUT2D eigenvalue weighted by Gasteiger charge is 2.27. The van der Waals surface area contributed by atoms with Crippen LogP contribution in [0.3, 0.4) is 0 Å². The maximum Gasteiger partial charge on any atom is 0.332 e. The number of aromatic nitrogens is 4. The van der Waals surface area contributed by atoms with Crippen LogP contribution in [-0.2, 0) is 17.8 Å². The van der Waals surface area contributed by atoms with Crippen molar-refractivity contribution in [2.75, 3.05) is 0 Å². The van der Waals surface area contributed by atoms with Crippen molar-refractivity contribution in [3.8, 4) is 0 Å². The number of fused-ring (bicyclic) bond motifs is 1. The molecule has 5 rings (SSSR count). The number of halogens is 1. The first-order valence-electron chi connectivity index (χ1n) is 11.7. The lowest BCUT2D eigenvalue weighted by molar-refractivity contribution is -0.139. The molecule has 1 amide bonds. The molecule has 0 saturated carbocycles. The number of carboxylic acids is 1. The highest BCUT2D eigenvalue weighted by Crippen LogP contribution is 2.25. The first kappa shape index (κ1) is 24.9. The molecule has 0 fully saturated rings. The van der Waals surface area contributed by atoms with Crippen LogP contribution >= 0.6 is 11.6 Å². The van der Waals surface area contributed by atoms with E-state index in [0.717, 1.165) is 16.7 Å². The highest BCUT2D eigenvalue weighted by atomic mass is 35.5. The van der Waals surface area contributed by atoms with Gasteiger partial charge in [0.2, 0.25) is 0 Å². The fraction of sp³-hybridized carbons (Fsp3) is 0.107. The summed E-state index contributed by atoms with van der Waals surface area (Å²) >= 11 is 6.07. The first-order chi connectivity index (χ1) is 18.4. The van der Waals surface area contributed by atoms with Crippen molar-refractivity contribution in [3.05, 3.63) is 129 Å². The zero-order valence-corrected chi connectivity index (χ0v) is 20.7. The number of nitrogens with one attached hydrogen (secondary N) is 2. The molecule has 3 heterocycles. The molecule has 10 heteroatoms. The van der Waals surface area contributed by atoms with Gasteiger partial charge < -0.3 is 15.0 Å². The molecule has 38 heavy (non-hydrogen) atoms. The van der Waals surface area contributed by atoms with E-state index in [4.69, 9.17) is 11.6 Å². The van der Waals surface area contributed by atoms with Crippen molar-refractivity contribution >= 4 is 34.4 Å². The largest absolute Gasteiger partial charge is 0.479 e. The molecule has 1 atom stereocenters. The Balaban J connectivity index is 1.30. The number of aromatic amines is 1. The number of aliphatic carboxylic acids is 1. The number of hydrogen-bond acceptors (Lipinski definition) is 5. The molecule has 0 saturated heterocycles. The molecule has 0 radical (unpaired) electrons. The second-order valence-electron chi connectivity index (χ2n) is 8.79. The number of H-pyrrole nitrogens is 1. The lowest BCUT2D eigenvalue weighted by Gasteiger charge is -2.13. The Kier molecular flexibility index (Phi) is 7.01. The molecule has 0 aliphatic rings. The second-order valence-corrected chi connectivity index (χ2v) is 9.22. The van der Waals surface area contributed by atoms with Crippen LogP contribution in [0.5, 0.6) is 0 Å². The molecule has 0 aliphatic carbocycles. The van der Waals surface area contributed by atoms with E-state index in [2.05, 4.69) is 20.5 Å². The van der Waals surface area contributed by atoms with Gasteiger partial charge in [0.1, 0.15) is 5.69 Å². The van der Waals surface area contributed by atoms with Crippen molar-refractivity contribution in [3.63, 3.8) is 0 Å². The van der Waals surface area contributed by atoms with Gasteiger partial charge in [0.15, 0.2) is 6.04 Å². The molecule has 3 aromatic heterocycles. The van der Waals surface area contributed by atoms with Crippen LogP contribution < -0.4 is 10.9 Å². The Morgan fingerprint density at radius 1 is 1.00 bits per heavy atom. The van der Waals surface area contributed by atoms with E-state index in [1.807, 2.05) is 30.3 Å². The van der Waals surface area contributed by atoms with Gasteiger partial charge in [-0.25, -0.2) is 4.79 Å². The molecule has 0 aliphatic heterocycles. The summed E-state index contributed by atoms with van der Waals surface area (Å²) < 4.78 is 1.63. The third-order valence-corrected chi connectivity index (χ3v) is 6.33. The van der Waals surface area contributed by atoms with E-state index in [-0.39, 0.29) is 16.8 Å². The maximum absolute atomic E-state index is 13.0. The zero-order chi connectivity index (χ0) is 26.6. The molecule has 0 spiro atoms. The third-order valence-electron chi connectivity index (χ3n) is 6.09. The number of benzene rings is 2. The Morgan fingerprint density at radius 2 is 1.79 bits per heavy atom. The summed E-state index contributed by atoms with van der Waals surface area (Å²) in [5.74, 6) is -1.85. The number of carbonyl (C=O) groups excluding carboxylic acids is 1. The molecule has 1 unspecified atom stereocenters. The van der Waals surface area contributed by atoms with Gasteiger partial charge in [-0.2, -0.15) is 5.10 Å². The van der Waals surface area contributed by atoms with Gasteiger partial charge in [-0.1, -0.05) is 41.9 Å². The van der Waals surface area contributed by atoms with Crippen molar-refractivity contribution < 1.29 is 14.7 Å². The predicted molar refractivity (Wildman–Crippen MR) is 142 cm³/mol. The summed E-state index contributed by atoms with van der Waals surface area (Å²) in [5.41, 5.74) is 3.70. The summed E-state index contributed by atoms with van der Waals surface area (Å²) in [5, 5.41) is 20.2. The third kappa shape index (κ3) is 5.47. The Labute approximate surface area is 221 Å². The molecule has 3 N–H and O–H groups in total. The fourth-order valence-corrected chi connectivity index (χ4v) is 4.35. The van der Waals surface area contributed by atoms with Crippen LogP contribution in [-0.4, -0.2) is 36.7 Å². The van der Waals surface area contributed by atoms with E-state index in [1.165, 1.54) is 12.3 Å². The topological polar surface area (TPSA) is 130 Å². The van der Waals surface area contributed by atoms with Crippen molar-refractivity contribution in [1.82, 2.24) is 25.1 Å². The number of carbonyl (C=O) groups is 2. The summed E-state index contributed by atoms with van der Waals surface area (Å²) in [6, 6.07) is 18.1. The predicted octanol–water partition coefficient (Wildman–Crippen LogP) is 3.97. The molecule has 5 aromatic rings. The smallest absolute Gasteiger partial charge is 0.332 e. The van der Waals surface area contributed by atoms with Crippen LogP contribution in [0.1, 0.15) is 38.8 Å². The minimum Gasteiger partial charge on any atom is -0.479 e. The Hall–Kier alpha value is -4.76. The zero-order valence-electron chi connectivity index (χ0n) is 20.0. The van der Waals surface area contributed by atoms with Crippen molar-refractivity contribution in [1.29, 1.82) is 0 Å². The molecular weight excluding hydrogens is 506 g/mol. The number of carboxylic acid groups (broad SMARTS) is 1. The average Bonchev–Trinajstić information content (AvgIpc) is 3.32. The van der Waals surface area contributed by atoms with Gasteiger partial charge in [-0.15, -0.1) is 0 Å². The quantitative estimate of drug-likeness (QED) is 0.280. The van der Waals surface area contributed by atoms with Crippen molar-refractivity contribution in [2.45, 2.75) is 19.0 Å².